The fraction of sp³-hybridized carbons (Fsp3) is 0.300. The van der Waals surface area contributed by atoms with Gasteiger partial charge in [0.05, 0.1) is 18.2 Å². The van der Waals surface area contributed by atoms with E-state index in [0.29, 0.717) is 13.0 Å². The van der Waals surface area contributed by atoms with Crippen molar-refractivity contribution in [2.75, 3.05) is 13.7 Å². The first-order valence-corrected chi connectivity index (χ1v) is 8.34. The lowest BCUT2D eigenvalue weighted by Crippen LogP contribution is -2.40. The minimum absolute atomic E-state index is 0.126. The Bertz CT molecular complexity index is 789. The van der Waals surface area contributed by atoms with Crippen molar-refractivity contribution >= 4 is 11.9 Å². The van der Waals surface area contributed by atoms with Crippen LogP contribution in [0.4, 0.5) is 4.39 Å². The maximum absolute atomic E-state index is 14.2. The van der Waals surface area contributed by atoms with Crippen LogP contribution in [0.3, 0.4) is 0 Å². The molecule has 0 heterocycles. The molecule has 0 fully saturated rings. The number of carbonyl (C=O) groups is 2. The number of hydrogen-bond acceptors (Lipinski definition) is 3. The lowest BCUT2D eigenvalue weighted by Gasteiger charge is -2.28. The number of nitrogens with zero attached hydrogens (tertiary/aromatic N) is 1. The standard InChI is InChI=1S/C20H22FNO4/c1-4-22(13(2)11-14-5-8-16(26-3)9-6-14)19(23)17-10-7-15(20(24)25)12-18(17)21/h5-10,12-13H,4,11H2,1-3H3,(H,24,25). The van der Waals surface area contributed by atoms with Gasteiger partial charge in [0.25, 0.3) is 5.91 Å². The van der Waals surface area contributed by atoms with Crippen LogP contribution in [0.15, 0.2) is 42.5 Å². The Balaban J connectivity index is 2.17. The Morgan fingerprint density at radius 1 is 1.19 bits per heavy atom. The van der Waals surface area contributed by atoms with Gasteiger partial charge in [0.2, 0.25) is 0 Å². The number of amides is 1. The van der Waals surface area contributed by atoms with Crippen LogP contribution in [-0.4, -0.2) is 41.6 Å². The van der Waals surface area contributed by atoms with Crippen molar-refractivity contribution < 1.29 is 23.8 Å². The van der Waals surface area contributed by atoms with E-state index in [4.69, 9.17) is 9.84 Å². The molecule has 1 atom stereocenters. The van der Waals surface area contributed by atoms with Crippen LogP contribution in [0, 0.1) is 5.82 Å². The largest absolute Gasteiger partial charge is 0.497 e. The topological polar surface area (TPSA) is 66.8 Å². The Morgan fingerprint density at radius 2 is 1.85 bits per heavy atom. The van der Waals surface area contributed by atoms with Crippen molar-refractivity contribution in [2.24, 2.45) is 0 Å². The predicted molar refractivity (Wildman–Crippen MR) is 96.2 cm³/mol. The van der Waals surface area contributed by atoms with Gasteiger partial charge in [-0.1, -0.05) is 12.1 Å². The van der Waals surface area contributed by atoms with E-state index in [1.54, 1.807) is 12.0 Å². The number of carboxylic acid groups (broad SMARTS) is 1. The maximum atomic E-state index is 14.2. The molecule has 0 spiro atoms. The van der Waals surface area contributed by atoms with E-state index >= 15 is 0 Å². The molecule has 5 nitrogen and oxygen atoms in total. The van der Waals surface area contributed by atoms with Gasteiger partial charge in [0.15, 0.2) is 0 Å². The summed E-state index contributed by atoms with van der Waals surface area (Å²) in [5.41, 5.74) is 0.720. The molecule has 0 bridgehead atoms. The fourth-order valence-electron chi connectivity index (χ4n) is 2.84. The van der Waals surface area contributed by atoms with Crippen molar-refractivity contribution in [3.8, 4) is 5.75 Å². The van der Waals surface area contributed by atoms with Crippen LogP contribution in [0.25, 0.3) is 0 Å². The molecule has 2 aromatic carbocycles. The highest BCUT2D eigenvalue weighted by Crippen LogP contribution is 2.18. The highest BCUT2D eigenvalue weighted by molar-refractivity contribution is 5.96. The number of hydrogen-bond donors (Lipinski definition) is 1. The van der Waals surface area contributed by atoms with Gasteiger partial charge in [-0.15, -0.1) is 0 Å². The summed E-state index contributed by atoms with van der Waals surface area (Å²) in [5.74, 6) is -1.76. The summed E-state index contributed by atoms with van der Waals surface area (Å²) in [6.07, 6.45) is 0.610. The lowest BCUT2D eigenvalue weighted by atomic mass is 10.0. The molecule has 0 aliphatic rings. The number of halogens is 1. The van der Waals surface area contributed by atoms with Gasteiger partial charge < -0.3 is 14.7 Å². The molecule has 138 valence electrons. The van der Waals surface area contributed by atoms with Gasteiger partial charge in [-0.05, 0) is 56.2 Å². The zero-order valence-corrected chi connectivity index (χ0v) is 15.0. The number of ether oxygens (including phenoxy) is 1. The van der Waals surface area contributed by atoms with E-state index in [-0.39, 0.29) is 17.2 Å². The molecule has 0 radical (unpaired) electrons. The second-order valence-corrected chi connectivity index (χ2v) is 5.99. The number of benzene rings is 2. The number of likely N-dealkylation sites (N-methyl/N-ethyl adjacent to an activating group) is 1. The number of methoxy groups -OCH3 is 1. The summed E-state index contributed by atoms with van der Waals surface area (Å²) >= 11 is 0. The molecule has 0 saturated heterocycles. The SMILES string of the molecule is CCN(C(=O)c1ccc(C(=O)O)cc1F)C(C)Cc1ccc(OC)cc1. The van der Waals surface area contributed by atoms with E-state index in [1.807, 2.05) is 38.1 Å². The quantitative estimate of drug-likeness (QED) is 0.820. The van der Waals surface area contributed by atoms with E-state index in [2.05, 4.69) is 0 Å². The molecule has 1 unspecified atom stereocenters. The molecule has 0 aromatic heterocycles. The van der Waals surface area contributed by atoms with Gasteiger partial charge in [-0.25, -0.2) is 9.18 Å². The molecular formula is C20H22FNO4. The van der Waals surface area contributed by atoms with Crippen molar-refractivity contribution in [3.05, 3.63) is 65.0 Å². The van der Waals surface area contributed by atoms with E-state index in [1.165, 1.54) is 12.1 Å². The Hall–Kier alpha value is -2.89. The second kappa shape index (κ2) is 8.47. The maximum Gasteiger partial charge on any atom is 0.335 e. The third-order valence-corrected chi connectivity index (χ3v) is 4.27. The van der Waals surface area contributed by atoms with Crippen molar-refractivity contribution in [2.45, 2.75) is 26.3 Å². The van der Waals surface area contributed by atoms with E-state index in [0.717, 1.165) is 17.4 Å². The average Bonchev–Trinajstić information content (AvgIpc) is 2.62. The van der Waals surface area contributed by atoms with Gasteiger partial charge in [-0.2, -0.15) is 0 Å². The molecule has 0 aliphatic carbocycles. The van der Waals surface area contributed by atoms with Crippen LogP contribution >= 0.6 is 0 Å². The highest BCUT2D eigenvalue weighted by atomic mass is 19.1. The molecular weight excluding hydrogens is 337 g/mol. The van der Waals surface area contributed by atoms with Gasteiger partial charge >= 0.3 is 5.97 Å². The summed E-state index contributed by atoms with van der Waals surface area (Å²) < 4.78 is 19.3. The molecule has 2 aromatic rings. The zero-order valence-electron chi connectivity index (χ0n) is 15.0. The van der Waals surface area contributed by atoms with Crippen molar-refractivity contribution in [3.63, 3.8) is 0 Å². The number of aromatic carboxylic acids is 1. The van der Waals surface area contributed by atoms with Crippen LogP contribution in [0.5, 0.6) is 5.75 Å². The van der Waals surface area contributed by atoms with Crippen LogP contribution in [-0.2, 0) is 6.42 Å². The molecule has 0 saturated carbocycles. The van der Waals surface area contributed by atoms with Crippen molar-refractivity contribution in [1.29, 1.82) is 0 Å². The molecule has 6 heteroatoms. The van der Waals surface area contributed by atoms with Crippen LogP contribution in [0.1, 0.15) is 40.1 Å². The first-order valence-electron chi connectivity index (χ1n) is 8.34. The molecule has 1 N–H and O–H groups in total. The van der Waals surface area contributed by atoms with Gasteiger partial charge in [0, 0.05) is 12.6 Å². The number of carbonyl (C=O) groups excluding carboxylic acids is 1. The van der Waals surface area contributed by atoms with Crippen LogP contribution in [0.2, 0.25) is 0 Å². The minimum atomic E-state index is -1.23. The molecule has 1 amide bonds. The summed E-state index contributed by atoms with van der Waals surface area (Å²) in [7, 11) is 1.60. The van der Waals surface area contributed by atoms with Gasteiger partial charge in [-0.3, -0.25) is 4.79 Å². The predicted octanol–water partition coefficient (Wildman–Crippen LogP) is 3.63. The smallest absolute Gasteiger partial charge is 0.335 e. The van der Waals surface area contributed by atoms with E-state index < -0.39 is 17.7 Å². The van der Waals surface area contributed by atoms with Crippen molar-refractivity contribution in [1.82, 2.24) is 4.90 Å². The zero-order chi connectivity index (χ0) is 19.3. The first-order chi connectivity index (χ1) is 12.4. The molecule has 2 rings (SSSR count). The van der Waals surface area contributed by atoms with Gasteiger partial charge in [0.1, 0.15) is 11.6 Å². The minimum Gasteiger partial charge on any atom is -0.497 e. The highest BCUT2D eigenvalue weighted by Gasteiger charge is 2.23. The Kier molecular flexibility index (Phi) is 6.33. The summed E-state index contributed by atoms with van der Waals surface area (Å²) in [6, 6.07) is 10.7. The monoisotopic (exact) mass is 359 g/mol. The Labute approximate surface area is 152 Å². The summed E-state index contributed by atoms with van der Waals surface area (Å²) in [4.78, 5) is 25.2. The number of rotatable bonds is 7. The fourth-order valence-corrected chi connectivity index (χ4v) is 2.84. The summed E-state index contributed by atoms with van der Waals surface area (Å²) in [6.45, 7) is 4.14. The second-order valence-electron chi connectivity index (χ2n) is 5.99. The summed E-state index contributed by atoms with van der Waals surface area (Å²) in [5, 5.41) is 8.91. The first kappa shape index (κ1) is 19.4. The number of carboxylic acids is 1. The average molecular weight is 359 g/mol. The normalized spacial score (nSPS) is 11.7. The lowest BCUT2D eigenvalue weighted by molar-refractivity contribution is 0.0681. The molecule has 0 aliphatic heterocycles. The van der Waals surface area contributed by atoms with Crippen LogP contribution < -0.4 is 4.74 Å². The Morgan fingerprint density at radius 3 is 2.35 bits per heavy atom. The molecule has 26 heavy (non-hydrogen) atoms. The third kappa shape index (κ3) is 4.39. The third-order valence-electron chi connectivity index (χ3n) is 4.27. The van der Waals surface area contributed by atoms with E-state index in [9.17, 15) is 14.0 Å².